The molecule has 1 heterocycles. The van der Waals surface area contributed by atoms with E-state index < -0.39 is 10.0 Å². The molecule has 0 fully saturated rings. The average Bonchev–Trinajstić information content (AvgIpc) is 3.30. The van der Waals surface area contributed by atoms with Crippen molar-refractivity contribution in [3.8, 4) is 5.75 Å². The van der Waals surface area contributed by atoms with Gasteiger partial charge in [0.25, 0.3) is 0 Å². The number of unbranched alkanes of at least 4 members (excludes halogenated alkanes) is 2. The minimum atomic E-state index is -3.45. The van der Waals surface area contributed by atoms with Crippen molar-refractivity contribution < 1.29 is 22.4 Å². The molecule has 0 radical (unpaired) electrons. The van der Waals surface area contributed by atoms with Gasteiger partial charge in [-0.2, -0.15) is 0 Å². The Morgan fingerprint density at radius 1 is 0.949 bits per heavy atom. The van der Waals surface area contributed by atoms with Gasteiger partial charge in [0.2, 0.25) is 10.0 Å². The van der Waals surface area contributed by atoms with Gasteiger partial charge in [0, 0.05) is 30.5 Å². The lowest BCUT2D eigenvalue weighted by Crippen LogP contribution is -2.28. The molecule has 0 bridgehead atoms. The molecule has 7 nitrogen and oxygen atoms in total. The fourth-order valence-corrected chi connectivity index (χ4v) is 5.05. The number of benzene rings is 2. The van der Waals surface area contributed by atoms with Gasteiger partial charge in [-0.15, -0.1) is 0 Å². The molecule has 0 atom stereocenters. The summed E-state index contributed by atoms with van der Waals surface area (Å²) in [7, 11) is -1.95. The molecule has 8 heteroatoms. The first-order valence-electron chi connectivity index (χ1n) is 14.1. The van der Waals surface area contributed by atoms with E-state index in [2.05, 4.69) is 18.7 Å². The lowest BCUT2D eigenvalue weighted by molar-refractivity contribution is 0.103. The van der Waals surface area contributed by atoms with Crippen molar-refractivity contribution >= 4 is 32.5 Å². The fraction of sp³-hybridized carbons (Fsp3) is 0.516. The number of carbonyl (C=O) groups is 1. The predicted octanol–water partition coefficient (Wildman–Crippen LogP) is 6.85. The van der Waals surface area contributed by atoms with E-state index >= 15 is 0 Å². The second-order valence-electron chi connectivity index (χ2n) is 10.5. The highest BCUT2D eigenvalue weighted by Gasteiger charge is 2.25. The molecule has 3 aromatic rings. The number of hydrogen-bond donors (Lipinski definition) is 0. The van der Waals surface area contributed by atoms with Gasteiger partial charge < -0.3 is 14.1 Å². The Labute approximate surface area is 234 Å². The molecule has 0 aliphatic heterocycles. The highest BCUT2D eigenvalue weighted by molar-refractivity contribution is 7.92. The molecular weight excluding hydrogens is 512 g/mol. The second kappa shape index (κ2) is 14.0. The van der Waals surface area contributed by atoms with Crippen LogP contribution in [0.25, 0.3) is 11.0 Å². The Morgan fingerprint density at radius 2 is 1.56 bits per heavy atom. The summed E-state index contributed by atoms with van der Waals surface area (Å²) in [5, 5.41) is 0.604. The summed E-state index contributed by atoms with van der Waals surface area (Å²) in [6.07, 6.45) is 6.96. The number of ketones is 1. The summed E-state index contributed by atoms with van der Waals surface area (Å²) in [5.41, 5.74) is 2.03. The van der Waals surface area contributed by atoms with Crippen molar-refractivity contribution in [3.63, 3.8) is 0 Å². The zero-order chi connectivity index (χ0) is 28.6. The molecule has 39 heavy (non-hydrogen) atoms. The molecular formula is C31H44N2O5S. The van der Waals surface area contributed by atoms with Gasteiger partial charge in [-0.25, -0.2) is 8.42 Å². The third kappa shape index (κ3) is 8.08. The van der Waals surface area contributed by atoms with Crippen molar-refractivity contribution in [2.45, 2.75) is 65.7 Å². The zero-order valence-electron chi connectivity index (χ0n) is 24.3. The van der Waals surface area contributed by atoms with Crippen LogP contribution in [0, 0.1) is 0 Å². The van der Waals surface area contributed by atoms with E-state index in [0.717, 1.165) is 38.1 Å². The summed E-state index contributed by atoms with van der Waals surface area (Å²) in [6, 6.07) is 12.3. The van der Waals surface area contributed by atoms with Gasteiger partial charge in [0.15, 0.2) is 5.78 Å². The number of furan rings is 1. The fourth-order valence-electron chi connectivity index (χ4n) is 4.56. The van der Waals surface area contributed by atoms with E-state index in [1.165, 1.54) is 37.0 Å². The molecule has 0 N–H and O–H groups in total. The van der Waals surface area contributed by atoms with E-state index in [1.807, 2.05) is 26.0 Å². The van der Waals surface area contributed by atoms with Crippen LogP contribution in [0.3, 0.4) is 0 Å². The van der Waals surface area contributed by atoms with E-state index in [0.29, 0.717) is 40.2 Å². The first-order chi connectivity index (χ1) is 18.6. The lowest BCUT2D eigenvalue weighted by Gasteiger charge is -2.21. The Bertz CT molecular complexity index is 1320. The normalized spacial score (nSPS) is 12.0. The topological polar surface area (TPSA) is 80.1 Å². The monoisotopic (exact) mass is 556 g/mol. The van der Waals surface area contributed by atoms with Crippen LogP contribution >= 0.6 is 0 Å². The average molecular weight is 557 g/mol. The zero-order valence-corrected chi connectivity index (χ0v) is 25.1. The first-order valence-corrected chi connectivity index (χ1v) is 15.9. The number of nitrogens with zero attached hydrogens (tertiary/aromatic N) is 2. The van der Waals surface area contributed by atoms with Crippen molar-refractivity contribution in [3.05, 3.63) is 59.4 Å². The smallest absolute Gasteiger partial charge is 0.231 e. The number of carbonyl (C=O) groups excluding carboxylic acids is 1. The van der Waals surface area contributed by atoms with E-state index in [9.17, 15) is 13.2 Å². The van der Waals surface area contributed by atoms with Crippen molar-refractivity contribution in [1.82, 2.24) is 4.90 Å². The molecule has 0 unspecified atom stereocenters. The Kier molecular flexibility index (Phi) is 11.0. The lowest BCUT2D eigenvalue weighted by atomic mass is 9.96. The van der Waals surface area contributed by atoms with Crippen molar-refractivity contribution in [2.24, 2.45) is 0 Å². The summed E-state index contributed by atoms with van der Waals surface area (Å²) in [4.78, 5) is 16.2. The molecule has 3 rings (SSSR count). The number of rotatable bonds is 16. The highest BCUT2D eigenvalue weighted by Crippen LogP contribution is 2.35. The maximum absolute atomic E-state index is 13.7. The summed E-state index contributed by atoms with van der Waals surface area (Å²) in [5.74, 6) is 1.14. The molecule has 0 aliphatic carbocycles. The molecule has 0 saturated carbocycles. The molecule has 214 valence electrons. The Balaban J connectivity index is 1.74. The minimum absolute atomic E-state index is 0.0238. The van der Waals surface area contributed by atoms with Crippen LogP contribution in [0.2, 0.25) is 0 Å². The van der Waals surface area contributed by atoms with Crippen LogP contribution in [-0.4, -0.2) is 58.6 Å². The van der Waals surface area contributed by atoms with Crippen molar-refractivity contribution in [2.75, 3.05) is 43.8 Å². The quantitative estimate of drug-likeness (QED) is 0.142. The molecule has 2 aromatic carbocycles. The standard InChI is InChI=1S/C31H44N2O5S/c1-7-9-18-33(19-10-8-2)20-11-21-37-26-15-12-24(13-16-26)30(34)29-27-22-25(32(5)39(6,35)36)14-17-28(27)38-31(29)23(3)4/h12-17,22-23H,7-11,18-21H2,1-6H3. The van der Waals surface area contributed by atoms with Crippen LogP contribution in [0.15, 0.2) is 46.9 Å². The van der Waals surface area contributed by atoms with Gasteiger partial charge in [-0.05, 0) is 74.8 Å². The predicted molar refractivity (Wildman–Crippen MR) is 160 cm³/mol. The van der Waals surface area contributed by atoms with Gasteiger partial charge in [-0.3, -0.25) is 9.10 Å². The largest absolute Gasteiger partial charge is 0.494 e. The molecule has 1 aromatic heterocycles. The number of hydrogen-bond acceptors (Lipinski definition) is 6. The molecule has 0 saturated heterocycles. The summed E-state index contributed by atoms with van der Waals surface area (Å²) in [6.45, 7) is 12.3. The SMILES string of the molecule is CCCCN(CCCC)CCCOc1ccc(C(=O)c2c(C(C)C)oc3ccc(N(C)S(C)(=O)=O)cc23)cc1. The van der Waals surface area contributed by atoms with Crippen LogP contribution in [0.5, 0.6) is 5.75 Å². The third-order valence-electron chi connectivity index (χ3n) is 6.97. The first kappa shape index (κ1) is 30.7. The van der Waals surface area contributed by atoms with Gasteiger partial charge >= 0.3 is 0 Å². The minimum Gasteiger partial charge on any atom is -0.494 e. The second-order valence-corrected chi connectivity index (χ2v) is 12.5. The summed E-state index contributed by atoms with van der Waals surface area (Å²) >= 11 is 0. The van der Waals surface area contributed by atoms with Crippen LogP contribution in [-0.2, 0) is 10.0 Å². The molecule has 0 spiro atoms. The van der Waals surface area contributed by atoms with Crippen LogP contribution < -0.4 is 9.04 Å². The van der Waals surface area contributed by atoms with E-state index in [1.54, 1.807) is 30.3 Å². The van der Waals surface area contributed by atoms with E-state index in [-0.39, 0.29) is 11.7 Å². The van der Waals surface area contributed by atoms with Crippen LogP contribution in [0.4, 0.5) is 5.69 Å². The van der Waals surface area contributed by atoms with Crippen molar-refractivity contribution in [1.29, 1.82) is 0 Å². The highest BCUT2D eigenvalue weighted by atomic mass is 32.2. The Hall–Kier alpha value is -2.84. The van der Waals surface area contributed by atoms with Gasteiger partial charge in [0.05, 0.1) is 24.1 Å². The third-order valence-corrected chi connectivity index (χ3v) is 8.18. The number of anilines is 1. The number of ether oxygens (including phenoxy) is 1. The number of sulfonamides is 1. The van der Waals surface area contributed by atoms with Gasteiger partial charge in [0.1, 0.15) is 17.1 Å². The Morgan fingerprint density at radius 3 is 2.13 bits per heavy atom. The molecule has 0 aliphatic rings. The maximum atomic E-state index is 13.7. The number of fused-ring (bicyclic) bond motifs is 1. The van der Waals surface area contributed by atoms with Gasteiger partial charge in [-0.1, -0.05) is 40.5 Å². The summed E-state index contributed by atoms with van der Waals surface area (Å²) < 4.78 is 37.4. The molecule has 0 amide bonds. The van der Waals surface area contributed by atoms with Crippen LogP contribution in [0.1, 0.15) is 87.4 Å². The van der Waals surface area contributed by atoms with E-state index in [4.69, 9.17) is 9.15 Å². The maximum Gasteiger partial charge on any atom is 0.231 e.